The quantitative estimate of drug-likeness (QED) is 0.378. The zero-order chi connectivity index (χ0) is 17.4. The summed E-state index contributed by atoms with van der Waals surface area (Å²) in [4.78, 5) is 4.24. The minimum Gasteiger partial charge on any atom is -0.496 e. The number of halogens is 1. The fourth-order valence-electron chi connectivity index (χ4n) is 2.48. The van der Waals surface area contributed by atoms with Crippen LogP contribution in [0.5, 0.6) is 5.75 Å². The first-order chi connectivity index (χ1) is 11.7. The van der Waals surface area contributed by atoms with Crippen molar-refractivity contribution >= 4 is 29.9 Å². The van der Waals surface area contributed by atoms with E-state index in [4.69, 9.17) is 4.74 Å². The molecule has 0 bridgehead atoms. The molecule has 1 aromatic carbocycles. The van der Waals surface area contributed by atoms with E-state index >= 15 is 0 Å². The Labute approximate surface area is 166 Å². The lowest BCUT2D eigenvalue weighted by atomic mass is 10.1. The van der Waals surface area contributed by atoms with Crippen molar-refractivity contribution < 1.29 is 4.74 Å². The van der Waals surface area contributed by atoms with Crippen LogP contribution < -0.4 is 15.4 Å². The first-order valence-corrected chi connectivity index (χ1v) is 8.12. The van der Waals surface area contributed by atoms with Crippen molar-refractivity contribution in [1.82, 2.24) is 25.4 Å². The molecule has 0 fully saturated rings. The smallest absolute Gasteiger partial charge is 0.191 e. The van der Waals surface area contributed by atoms with E-state index in [2.05, 4.69) is 51.8 Å². The number of hydrogen-bond donors (Lipinski definition) is 2. The molecular weight excluding hydrogens is 431 g/mol. The minimum atomic E-state index is 0. The third kappa shape index (κ3) is 6.18. The number of methoxy groups -OCH3 is 1. The van der Waals surface area contributed by atoms with Crippen molar-refractivity contribution in [2.45, 2.75) is 33.4 Å². The molecule has 2 rings (SSSR count). The Kier molecular flexibility index (Phi) is 9.25. The van der Waals surface area contributed by atoms with Gasteiger partial charge < -0.3 is 19.9 Å². The summed E-state index contributed by atoms with van der Waals surface area (Å²) < 4.78 is 7.41. The van der Waals surface area contributed by atoms with Crippen LogP contribution in [-0.2, 0) is 19.5 Å². The van der Waals surface area contributed by atoms with Gasteiger partial charge in [0.25, 0.3) is 0 Å². The van der Waals surface area contributed by atoms with Gasteiger partial charge in [0.2, 0.25) is 0 Å². The Morgan fingerprint density at radius 1 is 1.32 bits per heavy atom. The Morgan fingerprint density at radius 2 is 2.12 bits per heavy atom. The van der Waals surface area contributed by atoms with E-state index in [1.165, 1.54) is 11.1 Å². The lowest BCUT2D eigenvalue weighted by Crippen LogP contribution is -2.38. The maximum Gasteiger partial charge on any atom is 0.191 e. The van der Waals surface area contributed by atoms with E-state index in [9.17, 15) is 0 Å². The van der Waals surface area contributed by atoms with Crippen LogP contribution in [0, 0.1) is 6.92 Å². The number of ether oxygens (including phenoxy) is 1. The van der Waals surface area contributed by atoms with Crippen molar-refractivity contribution in [2.75, 3.05) is 20.7 Å². The molecule has 0 aliphatic rings. The summed E-state index contributed by atoms with van der Waals surface area (Å²) in [6, 6.07) is 6.22. The molecule has 8 heteroatoms. The second kappa shape index (κ2) is 10.9. The van der Waals surface area contributed by atoms with Gasteiger partial charge in [-0.3, -0.25) is 4.99 Å². The van der Waals surface area contributed by atoms with Gasteiger partial charge in [-0.15, -0.1) is 34.2 Å². The molecule has 0 atom stereocenters. The van der Waals surface area contributed by atoms with Gasteiger partial charge in [-0.25, -0.2) is 0 Å². The molecular formula is C17H27IN6O. The average Bonchev–Trinajstić information content (AvgIpc) is 3.05. The normalized spacial score (nSPS) is 11.0. The zero-order valence-electron chi connectivity index (χ0n) is 15.2. The van der Waals surface area contributed by atoms with E-state index in [0.717, 1.165) is 37.0 Å². The molecule has 7 nitrogen and oxygen atoms in total. The lowest BCUT2D eigenvalue weighted by molar-refractivity contribution is 0.409. The largest absolute Gasteiger partial charge is 0.496 e. The molecule has 0 saturated heterocycles. The van der Waals surface area contributed by atoms with Crippen LogP contribution in [0.15, 0.2) is 29.5 Å². The van der Waals surface area contributed by atoms with E-state index in [1.54, 1.807) is 20.5 Å². The molecule has 0 radical (unpaired) electrons. The maximum atomic E-state index is 5.41. The monoisotopic (exact) mass is 458 g/mol. The number of aliphatic imine (C=N–C) groups is 1. The van der Waals surface area contributed by atoms with Gasteiger partial charge in [0.1, 0.15) is 12.1 Å². The molecule has 1 heterocycles. The highest BCUT2D eigenvalue weighted by Crippen LogP contribution is 2.19. The highest BCUT2D eigenvalue weighted by molar-refractivity contribution is 14.0. The summed E-state index contributed by atoms with van der Waals surface area (Å²) in [5.41, 5.74) is 2.42. The highest BCUT2D eigenvalue weighted by Gasteiger charge is 2.06. The summed E-state index contributed by atoms with van der Waals surface area (Å²) in [6.45, 7) is 6.35. The number of nitrogens with one attached hydrogen (secondary N) is 2. The fraction of sp³-hybridized carbons (Fsp3) is 0.471. The van der Waals surface area contributed by atoms with Gasteiger partial charge in [0.15, 0.2) is 11.8 Å². The number of hydrogen-bond acceptors (Lipinski definition) is 4. The van der Waals surface area contributed by atoms with Crippen LogP contribution in [0.4, 0.5) is 0 Å². The summed E-state index contributed by atoms with van der Waals surface area (Å²) >= 11 is 0. The minimum absolute atomic E-state index is 0. The molecule has 0 amide bonds. The van der Waals surface area contributed by atoms with Crippen LogP contribution in [0.1, 0.15) is 23.9 Å². The molecule has 0 spiro atoms. The number of aryl methyl sites for hydroxylation is 2. The van der Waals surface area contributed by atoms with E-state index in [0.29, 0.717) is 6.54 Å². The van der Waals surface area contributed by atoms with Gasteiger partial charge in [-0.2, -0.15) is 0 Å². The third-order valence-electron chi connectivity index (χ3n) is 3.80. The second-order valence-corrected chi connectivity index (χ2v) is 5.45. The standard InChI is InChI=1S/C17H26N6O.HI/c1-5-23-12-21-22-16(23)11-20-17(18-3)19-9-8-14-10-13(2)6-7-15(14)24-4;/h6-7,10,12H,5,8-9,11H2,1-4H3,(H2,18,19,20);1H. The van der Waals surface area contributed by atoms with Crippen molar-refractivity contribution in [3.05, 3.63) is 41.5 Å². The fourth-order valence-corrected chi connectivity index (χ4v) is 2.48. The Balaban J connectivity index is 0.00000312. The van der Waals surface area contributed by atoms with Gasteiger partial charge in [-0.05, 0) is 31.9 Å². The van der Waals surface area contributed by atoms with E-state index in [-0.39, 0.29) is 24.0 Å². The third-order valence-corrected chi connectivity index (χ3v) is 3.80. The van der Waals surface area contributed by atoms with E-state index < -0.39 is 0 Å². The van der Waals surface area contributed by atoms with Gasteiger partial charge >= 0.3 is 0 Å². The van der Waals surface area contributed by atoms with Crippen molar-refractivity contribution in [3.63, 3.8) is 0 Å². The van der Waals surface area contributed by atoms with Crippen LogP contribution in [0.2, 0.25) is 0 Å². The molecule has 25 heavy (non-hydrogen) atoms. The van der Waals surface area contributed by atoms with Crippen LogP contribution in [0.3, 0.4) is 0 Å². The molecule has 138 valence electrons. The summed E-state index contributed by atoms with van der Waals surface area (Å²) in [6.07, 6.45) is 2.59. The Morgan fingerprint density at radius 3 is 2.80 bits per heavy atom. The molecule has 0 saturated carbocycles. The average molecular weight is 458 g/mol. The lowest BCUT2D eigenvalue weighted by Gasteiger charge is -2.13. The number of guanidine groups is 1. The SMILES string of the molecule is CCn1cnnc1CNC(=NC)NCCc1cc(C)ccc1OC.I. The summed E-state index contributed by atoms with van der Waals surface area (Å²) in [5.74, 6) is 2.55. The summed E-state index contributed by atoms with van der Waals surface area (Å²) in [5, 5.41) is 14.6. The second-order valence-electron chi connectivity index (χ2n) is 5.45. The number of aromatic nitrogens is 3. The first-order valence-electron chi connectivity index (χ1n) is 8.12. The van der Waals surface area contributed by atoms with Crippen molar-refractivity contribution in [2.24, 2.45) is 4.99 Å². The van der Waals surface area contributed by atoms with Gasteiger partial charge in [-0.1, -0.05) is 17.7 Å². The predicted molar refractivity (Wildman–Crippen MR) is 111 cm³/mol. The van der Waals surface area contributed by atoms with Crippen LogP contribution in [0.25, 0.3) is 0 Å². The topological polar surface area (TPSA) is 76.4 Å². The molecule has 0 unspecified atom stereocenters. The molecule has 0 aliphatic carbocycles. The Bertz CT molecular complexity index is 686. The Hall–Kier alpha value is -1.84. The maximum absolute atomic E-state index is 5.41. The first kappa shape index (κ1) is 21.2. The summed E-state index contributed by atoms with van der Waals surface area (Å²) in [7, 11) is 3.46. The number of rotatable bonds is 7. The van der Waals surface area contributed by atoms with E-state index in [1.807, 2.05) is 10.6 Å². The van der Waals surface area contributed by atoms with Crippen LogP contribution >= 0.6 is 24.0 Å². The van der Waals surface area contributed by atoms with Crippen molar-refractivity contribution in [3.8, 4) is 5.75 Å². The van der Waals surface area contributed by atoms with Crippen molar-refractivity contribution in [1.29, 1.82) is 0 Å². The van der Waals surface area contributed by atoms with Crippen LogP contribution in [-0.4, -0.2) is 41.4 Å². The molecule has 2 aromatic rings. The zero-order valence-corrected chi connectivity index (χ0v) is 17.6. The highest BCUT2D eigenvalue weighted by atomic mass is 127. The number of benzene rings is 1. The number of nitrogens with zero attached hydrogens (tertiary/aromatic N) is 4. The van der Waals surface area contributed by atoms with Gasteiger partial charge in [0, 0.05) is 20.1 Å². The molecule has 1 aromatic heterocycles. The van der Waals surface area contributed by atoms with Gasteiger partial charge in [0.05, 0.1) is 13.7 Å². The predicted octanol–water partition coefficient (Wildman–Crippen LogP) is 2.14. The molecule has 0 aliphatic heterocycles. The molecule has 2 N–H and O–H groups in total.